The number of aryl methyl sites for hydroxylation is 1. The molecule has 1 aromatic heterocycles. The van der Waals surface area contributed by atoms with E-state index in [1.165, 1.54) is 4.31 Å². The number of nitrogens with one attached hydrogen (secondary N) is 1. The van der Waals surface area contributed by atoms with E-state index in [9.17, 15) is 13.2 Å². The lowest BCUT2D eigenvalue weighted by Crippen LogP contribution is -2.45. The zero-order valence-electron chi connectivity index (χ0n) is 18.5. The monoisotopic (exact) mass is 455 g/mol. The molecule has 1 amide bonds. The Morgan fingerprint density at radius 3 is 2.81 bits per heavy atom. The van der Waals surface area contributed by atoms with Crippen LogP contribution in [0.2, 0.25) is 0 Å². The van der Waals surface area contributed by atoms with Gasteiger partial charge in [-0.15, -0.1) is 0 Å². The van der Waals surface area contributed by atoms with E-state index in [1.807, 2.05) is 61.1 Å². The Hall–Kier alpha value is -2.84. The first-order valence-electron chi connectivity index (χ1n) is 10.9. The zero-order chi connectivity index (χ0) is 22.7. The van der Waals surface area contributed by atoms with Crippen LogP contribution in [0, 0.1) is 5.92 Å². The summed E-state index contributed by atoms with van der Waals surface area (Å²) in [6.45, 7) is 3.43. The molecule has 0 saturated carbocycles. The van der Waals surface area contributed by atoms with Crippen LogP contribution in [0.3, 0.4) is 0 Å². The average molecular weight is 456 g/mol. The van der Waals surface area contributed by atoms with Crippen molar-refractivity contribution >= 4 is 26.8 Å². The quantitative estimate of drug-likeness (QED) is 0.593. The normalized spacial score (nSPS) is 17.4. The molecule has 1 aliphatic heterocycles. The zero-order valence-corrected chi connectivity index (χ0v) is 19.3. The van der Waals surface area contributed by atoms with Crippen LogP contribution in [0.25, 0.3) is 10.9 Å². The SMILES string of the molecule is CCOc1ccccc1CNC(=O)[C@@H]1CCCN(S(=O)(=O)c2ccc3c(ccn3C)c2)C1. The van der Waals surface area contributed by atoms with Gasteiger partial charge in [0.25, 0.3) is 0 Å². The van der Waals surface area contributed by atoms with E-state index in [2.05, 4.69) is 5.32 Å². The number of sulfonamides is 1. The van der Waals surface area contributed by atoms with Gasteiger partial charge in [-0.25, -0.2) is 8.42 Å². The number of rotatable bonds is 7. The molecule has 1 saturated heterocycles. The van der Waals surface area contributed by atoms with E-state index in [4.69, 9.17) is 4.74 Å². The van der Waals surface area contributed by atoms with Crippen molar-refractivity contribution in [3.63, 3.8) is 0 Å². The van der Waals surface area contributed by atoms with Gasteiger partial charge in [-0.05, 0) is 50.1 Å². The number of aromatic nitrogens is 1. The highest BCUT2D eigenvalue weighted by atomic mass is 32.2. The standard InChI is InChI=1S/C24H29N3O4S/c1-3-31-23-9-5-4-7-19(23)16-25-24(28)20-8-6-13-27(17-20)32(29,30)21-10-11-22-18(15-21)12-14-26(22)2/h4-5,7,9-12,14-15,20H,3,6,8,13,16-17H2,1-2H3,(H,25,28)/t20-/m1/s1. The van der Waals surface area contributed by atoms with Gasteiger partial charge in [0.2, 0.25) is 15.9 Å². The van der Waals surface area contributed by atoms with Gasteiger partial charge < -0.3 is 14.6 Å². The molecule has 0 unspecified atom stereocenters. The van der Waals surface area contributed by atoms with Gasteiger partial charge in [0.1, 0.15) is 5.75 Å². The molecule has 7 nitrogen and oxygen atoms in total. The minimum atomic E-state index is -3.67. The molecule has 1 aliphatic rings. The maximum atomic E-state index is 13.3. The number of piperidine rings is 1. The largest absolute Gasteiger partial charge is 0.494 e. The minimum absolute atomic E-state index is 0.130. The van der Waals surface area contributed by atoms with Crippen LogP contribution in [0.1, 0.15) is 25.3 Å². The van der Waals surface area contributed by atoms with Crippen LogP contribution < -0.4 is 10.1 Å². The Morgan fingerprint density at radius 2 is 2.00 bits per heavy atom. The van der Waals surface area contributed by atoms with E-state index in [0.29, 0.717) is 32.5 Å². The summed E-state index contributed by atoms with van der Waals surface area (Å²) in [6, 6.07) is 14.7. The van der Waals surface area contributed by atoms with Crippen molar-refractivity contribution in [3.8, 4) is 5.75 Å². The van der Waals surface area contributed by atoms with Crippen molar-refractivity contribution < 1.29 is 17.9 Å². The predicted molar refractivity (Wildman–Crippen MR) is 124 cm³/mol. The first-order chi connectivity index (χ1) is 15.4. The second kappa shape index (κ2) is 9.34. The predicted octanol–water partition coefficient (Wildman–Crippen LogP) is 3.29. The fourth-order valence-electron chi connectivity index (χ4n) is 4.22. The molecule has 1 atom stereocenters. The van der Waals surface area contributed by atoms with Gasteiger partial charge in [-0.1, -0.05) is 18.2 Å². The molecule has 170 valence electrons. The Kier molecular flexibility index (Phi) is 6.53. The molecular weight excluding hydrogens is 426 g/mol. The summed E-state index contributed by atoms with van der Waals surface area (Å²) in [5.74, 6) is 0.243. The molecule has 32 heavy (non-hydrogen) atoms. The van der Waals surface area contributed by atoms with E-state index in [0.717, 1.165) is 22.2 Å². The van der Waals surface area contributed by atoms with Crippen LogP contribution in [-0.2, 0) is 28.4 Å². The summed E-state index contributed by atoms with van der Waals surface area (Å²) in [5.41, 5.74) is 1.88. The summed E-state index contributed by atoms with van der Waals surface area (Å²) in [5, 5.41) is 3.85. The number of nitrogens with zero attached hydrogens (tertiary/aromatic N) is 2. The van der Waals surface area contributed by atoms with Crippen LogP contribution in [0.5, 0.6) is 5.75 Å². The molecule has 4 rings (SSSR count). The highest BCUT2D eigenvalue weighted by Crippen LogP contribution is 2.27. The summed E-state index contributed by atoms with van der Waals surface area (Å²) in [4.78, 5) is 13.1. The van der Waals surface area contributed by atoms with Gasteiger partial charge in [-0.2, -0.15) is 4.31 Å². The molecule has 3 aromatic rings. The maximum Gasteiger partial charge on any atom is 0.243 e. The molecule has 0 spiro atoms. The third-order valence-electron chi connectivity index (χ3n) is 5.97. The summed E-state index contributed by atoms with van der Waals surface area (Å²) < 4.78 is 35.6. The van der Waals surface area contributed by atoms with E-state index in [-0.39, 0.29) is 23.3 Å². The number of carbonyl (C=O) groups excluding carboxylic acids is 1. The van der Waals surface area contributed by atoms with Gasteiger partial charge in [-0.3, -0.25) is 4.79 Å². The Bertz CT molecular complexity index is 1220. The van der Waals surface area contributed by atoms with Gasteiger partial charge in [0.15, 0.2) is 0 Å². The number of carbonyl (C=O) groups is 1. The van der Waals surface area contributed by atoms with Crippen LogP contribution in [0.15, 0.2) is 59.6 Å². The van der Waals surface area contributed by atoms with Crippen molar-refractivity contribution in [3.05, 3.63) is 60.3 Å². The molecule has 8 heteroatoms. The van der Waals surface area contributed by atoms with Gasteiger partial charge in [0, 0.05) is 49.3 Å². The van der Waals surface area contributed by atoms with Crippen molar-refractivity contribution in [1.82, 2.24) is 14.2 Å². The fourth-order valence-corrected chi connectivity index (χ4v) is 5.78. The molecule has 2 heterocycles. The van der Waals surface area contributed by atoms with Gasteiger partial charge >= 0.3 is 0 Å². The Morgan fingerprint density at radius 1 is 1.19 bits per heavy atom. The van der Waals surface area contributed by atoms with E-state index < -0.39 is 10.0 Å². The smallest absolute Gasteiger partial charge is 0.243 e. The molecule has 0 aliphatic carbocycles. The number of para-hydroxylation sites is 1. The first-order valence-corrected chi connectivity index (χ1v) is 12.4. The number of amides is 1. The minimum Gasteiger partial charge on any atom is -0.494 e. The number of hydrogen-bond donors (Lipinski definition) is 1. The number of benzene rings is 2. The lowest BCUT2D eigenvalue weighted by Gasteiger charge is -2.31. The fraction of sp³-hybridized carbons (Fsp3) is 0.375. The third kappa shape index (κ3) is 4.52. The van der Waals surface area contributed by atoms with Crippen LogP contribution in [0.4, 0.5) is 0 Å². The first kappa shape index (κ1) is 22.4. The Balaban J connectivity index is 1.44. The number of fused-ring (bicyclic) bond motifs is 1. The molecule has 1 fully saturated rings. The Labute approximate surface area is 189 Å². The maximum absolute atomic E-state index is 13.3. The van der Waals surface area contributed by atoms with Crippen LogP contribution in [-0.4, -0.2) is 42.9 Å². The van der Waals surface area contributed by atoms with Crippen molar-refractivity contribution in [2.24, 2.45) is 13.0 Å². The van der Waals surface area contributed by atoms with Crippen molar-refractivity contribution in [2.75, 3.05) is 19.7 Å². The molecule has 2 aromatic carbocycles. The molecule has 1 N–H and O–H groups in total. The average Bonchev–Trinajstić information content (AvgIpc) is 3.18. The van der Waals surface area contributed by atoms with E-state index in [1.54, 1.807) is 12.1 Å². The van der Waals surface area contributed by atoms with Crippen molar-refractivity contribution in [1.29, 1.82) is 0 Å². The summed E-state index contributed by atoms with van der Waals surface area (Å²) in [6.07, 6.45) is 3.23. The highest BCUT2D eigenvalue weighted by molar-refractivity contribution is 7.89. The summed E-state index contributed by atoms with van der Waals surface area (Å²) >= 11 is 0. The molecule has 0 radical (unpaired) electrons. The number of hydrogen-bond acceptors (Lipinski definition) is 4. The lowest BCUT2D eigenvalue weighted by molar-refractivity contribution is -0.126. The second-order valence-electron chi connectivity index (χ2n) is 8.11. The third-order valence-corrected chi connectivity index (χ3v) is 7.84. The highest BCUT2D eigenvalue weighted by Gasteiger charge is 2.33. The van der Waals surface area contributed by atoms with E-state index >= 15 is 0 Å². The lowest BCUT2D eigenvalue weighted by atomic mass is 9.98. The number of ether oxygens (including phenoxy) is 1. The topological polar surface area (TPSA) is 80.6 Å². The second-order valence-corrected chi connectivity index (χ2v) is 10.0. The molecule has 0 bridgehead atoms. The van der Waals surface area contributed by atoms with Crippen LogP contribution >= 0.6 is 0 Å². The van der Waals surface area contributed by atoms with Gasteiger partial charge in [0.05, 0.1) is 17.4 Å². The van der Waals surface area contributed by atoms with Crippen molar-refractivity contribution in [2.45, 2.75) is 31.2 Å². The molecular formula is C24H29N3O4S. The summed E-state index contributed by atoms with van der Waals surface area (Å²) in [7, 11) is -1.74.